The molecular formula is C18H22FN5OS. The van der Waals surface area contributed by atoms with E-state index in [1.165, 1.54) is 11.9 Å². The number of hydrogen-bond donors (Lipinski definition) is 4. The van der Waals surface area contributed by atoms with Gasteiger partial charge in [-0.05, 0) is 41.8 Å². The number of hydrazine groups is 1. The third-order valence-corrected chi connectivity index (χ3v) is 4.28. The standard InChI is InChI=1S/C18H22FN5OS/c19-8-10-22-11-12-25-15-4-2-5-16(13-15)26-24-17-6-1-3-14(7-9-20)18(17)23-21/h1-6,13,22-24H,7-8,10-12,21H2. The Kier molecular flexibility index (Phi) is 8.55. The third kappa shape index (κ3) is 6.11. The van der Waals surface area contributed by atoms with Crippen LogP contribution in [0.15, 0.2) is 47.4 Å². The van der Waals surface area contributed by atoms with Crippen molar-refractivity contribution in [1.29, 1.82) is 5.26 Å². The van der Waals surface area contributed by atoms with Crippen LogP contribution in [0.3, 0.4) is 0 Å². The Bertz CT molecular complexity index is 738. The van der Waals surface area contributed by atoms with Gasteiger partial charge in [-0.15, -0.1) is 0 Å². The molecule has 0 aromatic heterocycles. The maximum absolute atomic E-state index is 12.0. The van der Waals surface area contributed by atoms with Crippen LogP contribution in [0.1, 0.15) is 5.56 Å². The van der Waals surface area contributed by atoms with E-state index in [1.54, 1.807) is 0 Å². The maximum atomic E-state index is 12.0. The van der Waals surface area contributed by atoms with Crippen LogP contribution >= 0.6 is 11.9 Å². The summed E-state index contributed by atoms with van der Waals surface area (Å²) in [4.78, 5) is 0.966. The van der Waals surface area contributed by atoms with Crippen LogP contribution in [0.25, 0.3) is 0 Å². The molecule has 0 spiro atoms. The Hall–Kier alpha value is -2.47. The highest BCUT2D eigenvalue weighted by Gasteiger charge is 2.07. The molecule has 0 radical (unpaired) electrons. The molecule has 0 aliphatic carbocycles. The van der Waals surface area contributed by atoms with Crippen molar-refractivity contribution in [1.82, 2.24) is 5.32 Å². The number of halogens is 1. The van der Waals surface area contributed by atoms with Gasteiger partial charge in [0.15, 0.2) is 0 Å². The van der Waals surface area contributed by atoms with Gasteiger partial charge in [-0.1, -0.05) is 18.2 Å². The molecule has 0 fully saturated rings. The van der Waals surface area contributed by atoms with Gasteiger partial charge < -0.3 is 20.2 Å². The molecule has 5 N–H and O–H groups in total. The van der Waals surface area contributed by atoms with Gasteiger partial charge in [-0.25, -0.2) is 4.39 Å². The molecule has 26 heavy (non-hydrogen) atoms. The molecule has 0 aliphatic rings. The molecule has 0 heterocycles. The molecule has 8 heteroatoms. The van der Waals surface area contributed by atoms with Crippen LogP contribution < -0.4 is 26.0 Å². The second-order valence-electron chi connectivity index (χ2n) is 5.29. The van der Waals surface area contributed by atoms with E-state index in [2.05, 4.69) is 21.5 Å². The number of hydrogen-bond acceptors (Lipinski definition) is 7. The van der Waals surface area contributed by atoms with Crippen molar-refractivity contribution >= 4 is 23.3 Å². The van der Waals surface area contributed by atoms with Crippen LogP contribution in [-0.2, 0) is 6.42 Å². The van der Waals surface area contributed by atoms with Gasteiger partial charge in [-0.2, -0.15) is 5.26 Å². The quantitative estimate of drug-likeness (QED) is 0.207. The molecule has 0 saturated carbocycles. The molecule has 0 amide bonds. The summed E-state index contributed by atoms with van der Waals surface area (Å²) >= 11 is 1.42. The van der Waals surface area contributed by atoms with Gasteiger partial charge in [0.2, 0.25) is 0 Å². The lowest BCUT2D eigenvalue weighted by Gasteiger charge is -2.14. The highest BCUT2D eigenvalue weighted by Crippen LogP contribution is 2.31. The molecular weight excluding hydrogens is 353 g/mol. The molecule has 138 valence electrons. The number of nitrogens with two attached hydrogens (primary N) is 1. The number of para-hydroxylation sites is 1. The van der Waals surface area contributed by atoms with E-state index in [0.29, 0.717) is 25.4 Å². The lowest BCUT2D eigenvalue weighted by atomic mass is 10.1. The van der Waals surface area contributed by atoms with Crippen molar-refractivity contribution in [3.8, 4) is 11.8 Å². The number of benzene rings is 2. The number of nitrogens with one attached hydrogen (secondary N) is 3. The first-order valence-corrected chi connectivity index (χ1v) is 8.98. The zero-order valence-corrected chi connectivity index (χ0v) is 15.1. The summed E-state index contributed by atoms with van der Waals surface area (Å²) in [6, 6.07) is 15.4. The van der Waals surface area contributed by atoms with Crippen LogP contribution in [0.4, 0.5) is 15.8 Å². The van der Waals surface area contributed by atoms with E-state index < -0.39 is 0 Å². The lowest BCUT2D eigenvalue weighted by molar-refractivity contribution is 0.310. The minimum absolute atomic E-state index is 0.277. The Labute approximate surface area is 157 Å². The fourth-order valence-corrected chi connectivity index (χ4v) is 2.98. The van der Waals surface area contributed by atoms with Crippen molar-refractivity contribution in [2.45, 2.75) is 11.3 Å². The Balaban J connectivity index is 1.94. The minimum Gasteiger partial charge on any atom is -0.492 e. The number of ether oxygens (including phenoxy) is 1. The number of nitrogens with zero attached hydrogens (tertiary/aromatic N) is 1. The number of alkyl halides is 1. The highest BCUT2D eigenvalue weighted by atomic mass is 32.2. The predicted molar refractivity (Wildman–Crippen MR) is 104 cm³/mol. The van der Waals surface area contributed by atoms with Gasteiger partial charge in [0.05, 0.1) is 23.9 Å². The van der Waals surface area contributed by atoms with E-state index in [4.69, 9.17) is 15.8 Å². The second-order valence-corrected chi connectivity index (χ2v) is 6.17. The molecule has 0 saturated heterocycles. The molecule has 2 rings (SSSR count). The van der Waals surface area contributed by atoms with Crippen molar-refractivity contribution in [2.75, 3.05) is 36.5 Å². The van der Waals surface area contributed by atoms with Crippen LogP contribution in [0.5, 0.6) is 5.75 Å². The Morgan fingerprint density at radius 2 is 2.04 bits per heavy atom. The van der Waals surface area contributed by atoms with Crippen molar-refractivity contribution < 1.29 is 9.13 Å². The zero-order valence-electron chi connectivity index (χ0n) is 14.3. The van der Waals surface area contributed by atoms with Crippen LogP contribution in [0.2, 0.25) is 0 Å². The van der Waals surface area contributed by atoms with Crippen molar-refractivity contribution in [3.05, 3.63) is 48.0 Å². The van der Waals surface area contributed by atoms with E-state index in [-0.39, 0.29) is 13.1 Å². The summed E-state index contributed by atoms with van der Waals surface area (Å²) in [5, 5.41) is 11.8. The fourth-order valence-electron chi connectivity index (χ4n) is 2.26. The Morgan fingerprint density at radius 1 is 1.19 bits per heavy atom. The average molecular weight is 375 g/mol. The lowest BCUT2D eigenvalue weighted by Crippen LogP contribution is -2.23. The Morgan fingerprint density at radius 3 is 2.81 bits per heavy atom. The minimum atomic E-state index is -0.382. The number of nitriles is 1. The van der Waals surface area contributed by atoms with Gasteiger partial charge >= 0.3 is 0 Å². The zero-order chi connectivity index (χ0) is 18.6. The smallest absolute Gasteiger partial charge is 0.120 e. The summed E-state index contributed by atoms with van der Waals surface area (Å²) in [5.74, 6) is 6.35. The number of rotatable bonds is 11. The third-order valence-electron chi connectivity index (χ3n) is 3.47. The van der Waals surface area contributed by atoms with Crippen LogP contribution in [-0.4, -0.2) is 26.4 Å². The van der Waals surface area contributed by atoms with E-state index >= 15 is 0 Å². The van der Waals surface area contributed by atoms with Gasteiger partial charge in [0.1, 0.15) is 19.0 Å². The van der Waals surface area contributed by atoms with Crippen LogP contribution in [0, 0.1) is 11.3 Å². The molecule has 0 bridgehead atoms. The molecule has 6 nitrogen and oxygen atoms in total. The molecule has 0 unspecified atom stereocenters. The molecule has 0 aliphatic heterocycles. The summed E-state index contributed by atoms with van der Waals surface area (Å²) in [6.45, 7) is 1.02. The predicted octanol–water partition coefficient (Wildman–Crippen LogP) is 3.10. The number of anilines is 2. The second kappa shape index (κ2) is 11.2. The van der Waals surface area contributed by atoms with E-state index in [1.807, 2.05) is 42.5 Å². The first-order chi connectivity index (χ1) is 12.8. The number of nitrogen functional groups attached to an aromatic ring is 1. The monoisotopic (exact) mass is 375 g/mol. The summed E-state index contributed by atoms with van der Waals surface area (Å²) in [6.07, 6.45) is 0.277. The highest BCUT2D eigenvalue weighted by molar-refractivity contribution is 8.00. The van der Waals surface area contributed by atoms with E-state index in [0.717, 1.165) is 21.9 Å². The van der Waals surface area contributed by atoms with Gasteiger partial charge in [0, 0.05) is 18.0 Å². The molecule has 2 aromatic rings. The average Bonchev–Trinajstić information content (AvgIpc) is 2.67. The van der Waals surface area contributed by atoms with Gasteiger partial charge in [-0.3, -0.25) is 5.84 Å². The van der Waals surface area contributed by atoms with Gasteiger partial charge in [0.25, 0.3) is 0 Å². The summed E-state index contributed by atoms with van der Waals surface area (Å²) in [7, 11) is 0. The molecule has 2 aromatic carbocycles. The van der Waals surface area contributed by atoms with E-state index in [9.17, 15) is 4.39 Å². The normalized spacial score (nSPS) is 10.2. The molecule has 0 atom stereocenters. The topological polar surface area (TPSA) is 95.1 Å². The fraction of sp³-hybridized carbons (Fsp3) is 0.278. The summed E-state index contributed by atoms with van der Waals surface area (Å²) < 4.78 is 20.9. The largest absolute Gasteiger partial charge is 0.492 e. The SMILES string of the molecule is N#CCc1cccc(NSc2cccc(OCCNCCF)c2)c1NN. The van der Waals surface area contributed by atoms with Crippen molar-refractivity contribution in [3.63, 3.8) is 0 Å². The summed E-state index contributed by atoms with van der Waals surface area (Å²) in [5.41, 5.74) is 4.99. The first kappa shape index (κ1) is 19.8. The maximum Gasteiger partial charge on any atom is 0.120 e. The van der Waals surface area contributed by atoms with Crippen molar-refractivity contribution in [2.24, 2.45) is 5.84 Å². The first-order valence-electron chi connectivity index (χ1n) is 8.16.